The van der Waals surface area contributed by atoms with E-state index in [1.54, 1.807) is 18.6 Å². The van der Waals surface area contributed by atoms with Gasteiger partial charge in [0, 0.05) is 25.1 Å². The van der Waals surface area contributed by atoms with Crippen LogP contribution in [0.5, 0.6) is 0 Å². The number of hydrogen-bond donors (Lipinski definition) is 0. The van der Waals surface area contributed by atoms with Gasteiger partial charge in [-0.3, -0.25) is 14.8 Å². The molecule has 0 unspecified atom stereocenters. The maximum absolute atomic E-state index is 13.0. The highest BCUT2D eigenvalue weighted by atomic mass is 32.1. The van der Waals surface area contributed by atoms with E-state index in [1.807, 2.05) is 18.7 Å². The van der Waals surface area contributed by atoms with Gasteiger partial charge >= 0.3 is 0 Å². The Morgan fingerprint density at radius 1 is 1.46 bits per heavy atom. The van der Waals surface area contributed by atoms with Crippen molar-refractivity contribution < 1.29 is 9.53 Å². The molecule has 1 aliphatic rings. The highest BCUT2D eigenvalue weighted by Crippen LogP contribution is 2.24. The van der Waals surface area contributed by atoms with Crippen LogP contribution in [0.25, 0.3) is 0 Å². The van der Waals surface area contributed by atoms with Crippen LogP contribution in [0.15, 0.2) is 18.6 Å². The summed E-state index contributed by atoms with van der Waals surface area (Å²) in [6.45, 7) is 5.77. The minimum absolute atomic E-state index is 0.0149. The fraction of sp³-hybridized carbons (Fsp3) is 0.562. The van der Waals surface area contributed by atoms with Gasteiger partial charge in [-0.1, -0.05) is 18.3 Å². The van der Waals surface area contributed by atoms with Gasteiger partial charge in [-0.15, -0.1) is 5.10 Å². The largest absolute Gasteiger partial charge is 0.377 e. The molecule has 24 heavy (non-hydrogen) atoms. The first-order chi connectivity index (χ1) is 11.7. The molecule has 0 saturated carbocycles. The molecule has 2 aromatic rings. The molecule has 7 nitrogen and oxygen atoms in total. The fourth-order valence-corrected chi connectivity index (χ4v) is 3.56. The SMILES string of the molecule is CC(C)c1nnsc1C(=O)N1CCOC[C@@H]1CCc1cnccn1. The van der Waals surface area contributed by atoms with Crippen LogP contribution in [0.4, 0.5) is 0 Å². The maximum atomic E-state index is 13.0. The summed E-state index contributed by atoms with van der Waals surface area (Å²) in [6.07, 6.45) is 6.68. The topological polar surface area (TPSA) is 81.1 Å². The molecule has 0 spiro atoms. The van der Waals surface area contributed by atoms with Gasteiger partial charge in [-0.2, -0.15) is 0 Å². The zero-order valence-corrected chi connectivity index (χ0v) is 14.7. The van der Waals surface area contributed by atoms with Crippen LogP contribution in [-0.2, 0) is 11.2 Å². The fourth-order valence-electron chi connectivity index (χ4n) is 2.79. The summed E-state index contributed by atoms with van der Waals surface area (Å²) >= 11 is 1.18. The second-order valence-electron chi connectivity index (χ2n) is 6.10. The number of hydrogen-bond acceptors (Lipinski definition) is 7. The van der Waals surface area contributed by atoms with Gasteiger partial charge in [0.1, 0.15) is 4.88 Å². The van der Waals surface area contributed by atoms with Crippen LogP contribution in [-0.4, -0.2) is 56.2 Å². The average Bonchev–Trinajstić information content (AvgIpc) is 3.10. The third-order valence-electron chi connectivity index (χ3n) is 4.09. The lowest BCUT2D eigenvalue weighted by Crippen LogP contribution is -2.49. The van der Waals surface area contributed by atoms with Crippen molar-refractivity contribution in [3.63, 3.8) is 0 Å². The summed E-state index contributed by atoms with van der Waals surface area (Å²) in [6, 6.07) is 0.0374. The molecule has 3 rings (SSSR count). The number of nitrogens with zero attached hydrogens (tertiary/aromatic N) is 5. The molecular weight excluding hydrogens is 326 g/mol. The summed E-state index contributed by atoms with van der Waals surface area (Å²) < 4.78 is 9.56. The number of rotatable bonds is 5. The molecular formula is C16H21N5O2S. The number of carbonyl (C=O) groups is 1. The molecule has 128 valence electrons. The number of morpholine rings is 1. The van der Waals surface area contributed by atoms with E-state index in [1.165, 1.54) is 11.5 Å². The predicted octanol–water partition coefficient (Wildman–Crippen LogP) is 1.93. The molecule has 0 aromatic carbocycles. The van der Waals surface area contributed by atoms with E-state index in [2.05, 4.69) is 19.6 Å². The Balaban J connectivity index is 1.72. The molecule has 1 atom stereocenters. The van der Waals surface area contributed by atoms with Crippen molar-refractivity contribution in [1.29, 1.82) is 0 Å². The van der Waals surface area contributed by atoms with Gasteiger partial charge in [0.2, 0.25) is 0 Å². The van der Waals surface area contributed by atoms with Crippen molar-refractivity contribution >= 4 is 17.4 Å². The lowest BCUT2D eigenvalue weighted by molar-refractivity contribution is -0.00395. The standard InChI is InChI=1S/C16H21N5O2S/c1-11(2)14-15(24-20-19-14)16(22)21-7-8-23-10-13(21)4-3-12-9-17-5-6-18-12/h5-6,9,11,13H,3-4,7-8,10H2,1-2H3/t13-/m0/s1. The Morgan fingerprint density at radius 2 is 2.33 bits per heavy atom. The maximum Gasteiger partial charge on any atom is 0.267 e. The molecule has 1 saturated heterocycles. The molecule has 0 N–H and O–H groups in total. The van der Waals surface area contributed by atoms with E-state index in [0.717, 1.165) is 24.2 Å². The number of aryl methyl sites for hydroxylation is 1. The van der Waals surface area contributed by atoms with E-state index in [9.17, 15) is 4.79 Å². The monoisotopic (exact) mass is 347 g/mol. The third-order valence-corrected chi connectivity index (χ3v) is 4.82. The quantitative estimate of drug-likeness (QED) is 0.822. The van der Waals surface area contributed by atoms with Crippen molar-refractivity contribution in [3.05, 3.63) is 34.9 Å². The molecule has 3 heterocycles. The van der Waals surface area contributed by atoms with Gasteiger partial charge < -0.3 is 9.64 Å². The van der Waals surface area contributed by atoms with Crippen LogP contribution in [0.2, 0.25) is 0 Å². The third kappa shape index (κ3) is 3.76. The first kappa shape index (κ1) is 16.9. The molecule has 1 amide bonds. The smallest absolute Gasteiger partial charge is 0.267 e. The summed E-state index contributed by atoms with van der Waals surface area (Å²) in [7, 11) is 0. The Kier molecular flexibility index (Phi) is 5.47. The highest BCUT2D eigenvalue weighted by molar-refractivity contribution is 7.08. The van der Waals surface area contributed by atoms with E-state index < -0.39 is 0 Å². The van der Waals surface area contributed by atoms with Crippen molar-refractivity contribution in [1.82, 2.24) is 24.5 Å². The van der Waals surface area contributed by atoms with E-state index >= 15 is 0 Å². The summed E-state index contributed by atoms with van der Waals surface area (Å²) in [4.78, 5) is 23.9. The van der Waals surface area contributed by atoms with E-state index in [0.29, 0.717) is 24.6 Å². The summed E-state index contributed by atoms with van der Waals surface area (Å²) in [5.74, 6) is 0.197. The van der Waals surface area contributed by atoms with Crippen LogP contribution < -0.4 is 0 Å². The minimum atomic E-state index is 0.0149. The molecule has 8 heteroatoms. The number of carbonyl (C=O) groups excluding carboxylic acids is 1. The van der Waals surface area contributed by atoms with Crippen LogP contribution in [0.3, 0.4) is 0 Å². The normalized spacial score (nSPS) is 18.1. The zero-order chi connectivity index (χ0) is 16.9. The molecule has 2 aromatic heterocycles. The van der Waals surface area contributed by atoms with E-state index in [-0.39, 0.29) is 17.9 Å². The Labute approximate surface area is 145 Å². The lowest BCUT2D eigenvalue weighted by Gasteiger charge is -2.35. The summed E-state index contributed by atoms with van der Waals surface area (Å²) in [5, 5.41) is 4.12. The molecule has 1 fully saturated rings. The van der Waals surface area contributed by atoms with Gasteiger partial charge in [0.15, 0.2) is 0 Å². The molecule has 0 bridgehead atoms. The molecule has 0 aliphatic carbocycles. The van der Waals surface area contributed by atoms with Crippen molar-refractivity contribution in [2.75, 3.05) is 19.8 Å². The lowest BCUT2D eigenvalue weighted by atomic mass is 10.1. The van der Waals surface area contributed by atoms with Gasteiger partial charge in [-0.05, 0) is 30.3 Å². The van der Waals surface area contributed by atoms with Crippen molar-refractivity contribution in [3.8, 4) is 0 Å². The predicted molar refractivity (Wildman–Crippen MR) is 90.0 cm³/mol. The minimum Gasteiger partial charge on any atom is -0.377 e. The van der Waals surface area contributed by atoms with Gasteiger partial charge in [-0.25, -0.2) is 0 Å². The number of aromatic nitrogens is 4. The zero-order valence-electron chi connectivity index (χ0n) is 13.9. The molecule has 0 radical (unpaired) electrons. The Bertz CT molecular complexity index is 676. The molecule has 1 aliphatic heterocycles. The van der Waals surface area contributed by atoms with Crippen molar-refractivity contribution in [2.45, 2.75) is 38.6 Å². The second kappa shape index (κ2) is 7.76. The van der Waals surface area contributed by atoms with Gasteiger partial charge in [0.25, 0.3) is 5.91 Å². The van der Waals surface area contributed by atoms with Crippen LogP contribution in [0, 0.1) is 0 Å². The second-order valence-corrected chi connectivity index (χ2v) is 6.86. The number of amides is 1. The average molecular weight is 347 g/mol. The number of ether oxygens (including phenoxy) is 1. The highest BCUT2D eigenvalue weighted by Gasteiger charge is 2.31. The first-order valence-corrected chi connectivity index (χ1v) is 8.90. The van der Waals surface area contributed by atoms with Gasteiger partial charge in [0.05, 0.1) is 30.6 Å². The van der Waals surface area contributed by atoms with Crippen LogP contribution in [0.1, 0.15) is 47.2 Å². The summed E-state index contributed by atoms with van der Waals surface area (Å²) in [5.41, 5.74) is 1.71. The van der Waals surface area contributed by atoms with Crippen molar-refractivity contribution in [2.24, 2.45) is 0 Å². The van der Waals surface area contributed by atoms with E-state index in [4.69, 9.17) is 4.74 Å². The first-order valence-electron chi connectivity index (χ1n) is 8.12. The Morgan fingerprint density at radius 3 is 3.08 bits per heavy atom. The Hall–Kier alpha value is -1.93. The van der Waals surface area contributed by atoms with Crippen LogP contribution >= 0.6 is 11.5 Å².